The topological polar surface area (TPSA) is 54.3 Å². The third-order valence-electron chi connectivity index (χ3n) is 4.04. The van der Waals surface area contributed by atoms with Crippen molar-refractivity contribution in [3.8, 4) is 0 Å². The van der Waals surface area contributed by atoms with Crippen LogP contribution >= 0.6 is 0 Å². The van der Waals surface area contributed by atoms with E-state index in [-0.39, 0.29) is 11.9 Å². The number of pyridine rings is 1. The Kier molecular flexibility index (Phi) is 4.09. The lowest BCUT2D eigenvalue weighted by molar-refractivity contribution is 0.0722. The van der Waals surface area contributed by atoms with Gasteiger partial charge in [-0.2, -0.15) is 5.10 Å². The summed E-state index contributed by atoms with van der Waals surface area (Å²) < 4.78 is 1.90. The van der Waals surface area contributed by atoms with Crippen LogP contribution in [0.4, 0.5) is 5.82 Å². The fourth-order valence-corrected chi connectivity index (χ4v) is 2.99. The van der Waals surface area contributed by atoms with Gasteiger partial charge in [-0.25, -0.2) is 4.98 Å². The normalized spacial score (nSPS) is 17.7. The van der Waals surface area contributed by atoms with Crippen molar-refractivity contribution in [2.75, 3.05) is 25.5 Å². The summed E-state index contributed by atoms with van der Waals surface area (Å²) >= 11 is 0. The second-order valence-corrected chi connectivity index (χ2v) is 5.79. The first-order chi connectivity index (χ1) is 10.7. The van der Waals surface area contributed by atoms with Crippen LogP contribution in [0.25, 0.3) is 0 Å². The zero-order valence-electron chi connectivity index (χ0n) is 13.0. The van der Waals surface area contributed by atoms with Crippen LogP contribution in [0.3, 0.4) is 0 Å². The standard InChI is InChI=1S/C16H21N5O/c1-19(2)15-14(7-3-8-17-15)16(22)21-11-4-6-13(21)12-20-10-5-9-18-20/h3,5,7-10,13H,4,6,11-12H2,1-2H3/t13-/m0/s1. The summed E-state index contributed by atoms with van der Waals surface area (Å²) in [5.41, 5.74) is 0.667. The fraction of sp³-hybridized carbons (Fsp3) is 0.438. The highest BCUT2D eigenvalue weighted by molar-refractivity contribution is 5.99. The maximum atomic E-state index is 12.9. The highest BCUT2D eigenvalue weighted by Crippen LogP contribution is 2.24. The van der Waals surface area contributed by atoms with Gasteiger partial charge in [0, 0.05) is 39.2 Å². The highest BCUT2D eigenvalue weighted by atomic mass is 16.2. The van der Waals surface area contributed by atoms with Crippen molar-refractivity contribution in [1.82, 2.24) is 19.7 Å². The molecule has 3 heterocycles. The molecule has 1 fully saturated rings. The molecule has 0 bridgehead atoms. The zero-order chi connectivity index (χ0) is 15.5. The van der Waals surface area contributed by atoms with Gasteiger partial charge in [-0.15, -0.1) is 0 Å². The largest absolute Gasteiger partial charge is 0.362 e. The predicted octanol–water partition coefficient (Wildman–Crippen LogP) is 1.65. The summed E-state index contributed by atoms with van der Waals surface area (Å²) in [7, 11) is 3.81. The van der Waals surface area contributed by atoms with Gasteiger partial charge in [0.05, 0.1) is 18.2 Å². The highest BCUT2D eigenvalue weighted by Gasteiger charge is 2.31. The van der Waals surface area contributed by atoms with Gasteiger partial charge in [0.1, 0.15) is 5.82 Å². The molecule has 6 heteroatoms. The number of hydrogen-bond acceptors (Lipinski definition) is 4. The number of likely N-dealkylation sites (tertiary alicyclic amines) is 1. The molecular formula is C16H21N5O. The van der Waals surface area contributed by atoms with Gasteiger partial charge < -0.3 is 9.80 Å². The summed E-state index contributed by atoms with van der Waals surface area (Å²) in [5.74, 6) is 0.781. The zero-order valence-corrected chi connectivity index (χ0v) is 13.0. The van der Waals surface area contributed by atoms with Gasteiger partial charge in [0.25, 0.3) is 5.91 Å². The Labute approximate surface area is 130 Å². The molecule has 0 saturated carbocycles. The number of nitrogens with zero attached hydrogens (tertiary/aromatic N) is 5. The molecule has 6 nitrogen and oxygen atoms in total. The van der Waals surface area contributed by atoms with E-state index in [0.29, 0.717) is 5.56 Å². The number of carbonyl (C=O) groups is 1. The number of rotatable bonds is 4. The molecule has 0 spiro atoms. The lowest BCUT2D eigenvalue weighted by atomic mass is 10.1. The Balaban J connectivity index is 1.82. The Hall–Kier alpha value is -2.37. The average Bonchev–Trinajstić information content (AvgIpc) is 3.19. The van der Waals surface area contributed by atoms with E-state index in [1.54, 1.807) is 12.4 Å². The minimum atomic E-state index is 0.0615. The molecule has 1 atom stereocenters. The van der Waals surface area contributed by atoms with Crippen LogP contribution in [0.1, 0.15) is 23.2 Å². The number of aromatic nitrogens is 3. The first-order valence-corrected chi connectivity index (χ1v) is 7.57. The molecular weight excluding hydrogens is 278 g/mol. The molecule has 0 aliphatic carbocycles. The summed E-state index contributed by atoms with van der Waals surface area (Å²) in [5, 5.41) is 4.25. The first-order valence-electron chi connectivity index (χ1n) is 7.57. The van der Waals surface area contributed by atoms with Crippen LogP contribution in [0, 0.1) is 0 Å². The van der Waals surface area contributed by atoms with Crippen molar-refractivity contribution in [3.63, 3.8) is 0 Å². The van der Waals surface area contributed by atoms with Crippen LogP contribution in [-0.4, -0.2) is 52.3 Å². The van der Waals surface area contributed by atoms with E-state index in [9.17, 15) is 4.79 Å². The minimum Gasteiger partial charge on any atom is -0.362 e. The summed E-state index contributed by atoms with van der Waals surface area (Å²) in [6.45, 7) is 1.54. The molecule has 22 heavy (non-hydrogen) atoms. The van der Waals surface area contributed by atoms with Crippen LogP contribution < -0.4 is 4.90 Å². The van der Waals surface area contributed by atoms with Crippen molar-refractivity contribution in [3.05, 3.63) is 42.4 Å². The number of hydrogen-bond donors (Lipinski definition) is 0. The molecule has 1 aliphatic heterocycles. The van der Waals surface area contributed by atoms with Gasteiger partial charge >= 0.3 is 0 Å². The monoisotopic (exact) mass is 299 g/mol. The number of amides is 1. The van der Waals surface area contributed by atoms with E-state index in [1.807, 2.05) is 53.0 Å². The van der Waals surface area contributed by atoms with Crippen molar-refractivity contribution in [1.29, 1.82) is 0 Å². The Morgan fingerprint density at radius 1 is 1.36 bits per heavy atom. The van der Waals surface area contributed by atoms with E-state index in [2.05, 4.69) is 10.1 Å². The van der Waals surface area contributed by atoms with Gasteiger partial charge in [-0.1, -0.05) is 0 Å². The van der Waals surface area contributed by atoms with Gasteiger partial charge in [-0.3, -0.25) is 9.48 Å². The Bertz CT molecular complexity index is 638. The third-order valence-corrected chi connectivity index (χ3v) is 4.04. The van der Waals surface area contributed by atoms with E-state index < -0.39 is 0 Å². The number of anilines is 1. The van der Waals surface area contributed by atoms with E-state index in [1.165, 1.54) is 0 Å². The van der Waals surface area contributed by atoms with Crippen LogP contribution in [0.2, 0.25) is 0 Å². The lowest BCUT2D eigenvalue weighted by Crippen LogP contribution is -2.38. The molecule has 2 aromatic rings. The van der Waals surface area contributed by atoms with Crippen LogP contribution in [-0.2, 0) is 6.54 Å². The SMILES string of the molecule is CN(C)c1ncccc1C(=O)N1CCC[C@H]1Cn1cccn1. The van der Waals surface area contributed by atoms with E-state index >= 15 is 0 Å². The second-order valence-electron chi connectivity index (χ2n) is 5.79. The fourth-order valence-electron chi connectivity index (χ4n) is 2.99. The average molecular weight is 299 g/mol. The molecule has 1 aliphatic rings. The number of carbonyl (C=O) groups excluding carboxylic acids is 1. The van der Waals surface area contributed by atoms with Crippen molar-refractivity contribution < 1.29 is 4.79 Å². The molecule has 116 valence electrons. The van der Waals surface area contributed by atoms with Crippen molar-refractivity contribution in [2.45, 2.75) is 25.4 Å². The van der Waals surface area contributed by atoms with Crippen LogP contribution in [0.5, 0.6) is 0 Å². The van der Waals surface area contributed by atoms with E-state index in [4.69, 9.17) is 0 Å². The molecule has 0 N–H and O–H groups in total. The molecule has 1 amide bonds. The van der Waals surface area contributed by atoms with Gasteiger partial charge in [0.2, 0.25) is 0 Å². The quantitative estimate of drug-likeness (QED) is 0.861. The van der Waals surface area contributed by atoms with Gasteiger partial charge in [0.15, 0.2) is 0 Å². The van der Waals surface area contributed by atoms with E-state index in [0.717, 1.165) is 31.7 Å². The lowest BCUT2D eigenvalue weighted by Gasteiger charge is -2.26. The van der Waals surface area contributed by atoms with Gasteiger partial charge in [-0.05, 0) is 31.0 Å². The predicted molar refractivity (Wildman–Crippen MR) is 84.8 cm³/mol. The molecule has 2 aromatic heterocycles. The maximum absolute atomic E-state index is 12.9. The maximum Gasteiger partial charge on any atom is 0.257 e. The smallest absolute Gasteiger partial charge is 0.257 e. The van der Waals surface area contributed by atoms with Crippen molar-refractivity contribution in [2.24, 2.45) is 0 Å². The molecule has 0 aromatic carbocycles. The Morgan fingerprint density at radius 3 is 2.95 bits per heavy atom. The molecule has 3 rings (SSSR count). The molecule has 1 saturated heterocycles. The molecule has 0 unspecified atom stereocenters. The summed E-state index contributed by atoms with van der Waals surface area (Å²) in [6, 6.07) is 5.78. The second kappa shape index (κ2) is 6.17. The summed E-state index contributed by atoms with van der Waals surface area (Å²) in [6.07, 6.45) is 7.48. The van der Waals surface area contributed by atoms with Crippen molar-refractivity contribution >= 4 is 11.7 Å². The Morgan fingerprint density at radius 2 is 2.23 bits per heavy atom. The third kappa shape index (κ3) is 2.81. The summed E-state index contributed by atoms with van der Waals surface area (Å²) in [4.78, 5) is 21.1. The molecule has 0 radical (unpaired) electrons. The minimum absolute atomic E-state index is 0.0615. The first kappa shape index (κ1) is 14.6. The van der Waals surface area contributed by atoms with Crippen LogP contribution in [0.15, 0.2) is 36.8 Å².